The number of carbonyl (C=O) groups excluding carboxylic acids is 2. The molecule has 0 amide bonds. The molecule has 1 aliphatic carbocycles. The summed E-state index contributed by atoms with van der Waals surface area (Å²) in [7, 11) is -1.95. The van der Waals surface area contributed by atoms with Crippen LogP contribution in [0, 0.1) is 24.2 Å². The van der Waals surface area contributed by atoms with Crippen molar-refractivity contribution in [3.63, 3.8) is 0 Å². The summed E-state index contributed by atoms with van der Waals surface area (Å²) in [6.07, 6.45) is 1.49. The zero-order valence-electron chi connectivity index (χ0n) is 14.2. The molecule has 0 aliphatic heterocycles. The van der Waals surface area contributed by atoms with Crippen molar-refractivity contribution in [2.24, 2.45) is 5.92 Å². The minimum absolute atomic E-state index is 0.00615. The van der Waals surface area contributed by atoms with Crippen LogP contribution in [0.2, 0.25) is 0 Å². The Balaban J connectivity index is 2.58. The first-order valence-corrected chi connectivity index (χ1v) is 9.66. The molecule has 136 valence electrons. The van der Waals surface area contributed by atoms with Crippen LogP contribution >= 0.6 is 11.3 Å². The molecule has 1 heterocycles. The predicted octanol–water partition coefficient (Wildman–Crippen LogP) is 1.60. The van der Waals surface area contributed by atoms with Crippen molar-refractivity contribution in [2.45, 2.75) is 36.4 Å². The topological polar surface area (TPSA) is 123 Å². The number of rotatable bonds is 6. The fourth-order valence-corrected chi connectivity index (χ4v) is 5.61. The quantitative estimate of drug-likeness (QED) is 0.737. The molecule has 0 unspecified atom stereocenters. The van der Waals surface area contributed by atoms with Crippen molar-refractivity contribution < 1.29 is 27.5 Å². The third-order valence-corrected chi connectivity index (χ3v) is 7.45. The Morgan fingerprint density at radius 2 is 1.84 bits per heavy atom. The molecule has 0 radical (unpaired) electrons. The Morgan fingerprint density at radius 3 is 2.28 bits per heavy atom. The zero-order valence-corrected chi connectivity index (χ0v) is 15.8. The molecule has 0 spiro atoms. The van der Waals surface area contributed by atoms with E-state index in [0.29, 0.717) is 11.3 Å². The average molecular weight is 386 g/mol. The fraction of sp³-hybridized carbons (Fsp3) is 0.533. The number of sulfonamides is 1. The van der Waals surface area contributed by atoms with Crippen LogP contribution in [-0.4, -0.2) is 40.1 Å². The highest BCUT2D eigenvalue weighted by molar-refractivity contribution is 7.91. The maximum atomic E-state index is 12.8. The van der Waals surface area contributed by atoms with E-state index >= 15 is 0 Å². The van der Waals surface area contributed by atoms with Crippen molar-refractivity contribution in [1.82, 2.24) is 4.72 Å². The molecule has 1 aromatic heterocycles. The van der Waals surface area contributed by atoms with E-state index in [0.717, 1.165) is 27.1 Å². The third-order valence-electron chi connectivity index (χ3n) is 4.09. The van der Waals surface area contributed by atoms with E-state index in [-0.39, 0.29) is 26.1 Å². The predicted molar refractivity (Wildman–Crippen MR) is 88.8 cm³/mol. The van der Waals surface area contributed by atoms with Gasteiger partial charge in [-0.05, 0) is 38.2 Å². The number of hydrogen-bond donors (Lipinski definition) is 1. The van der Waals surface area contributed by atoms with Crippen molar-refractivity contribution in [2.75, 3.05) is 14.2 Å². The van der Waals surface area contributed by atoms with E-state index in [4.69, 9.17) is 0 Å². The smallest absolute Gasteiger partial charge is 0.348 e. The fourth-order valence-electron chi connectivity index (χ4n) is 2.49. The Morgan fingerprint density at radius 1 is 1.28 bits per heavy atom. The number of methoxy groups -OCH3 is 2. The van der Waals surface area contributed by atoms with Gasteiger partial charge in [0.1, 0.15) is 10.4 Å². The Kier molecular flexibility index (Phi) is 5.22. The van der Waals surface area contributed by atoms with Gasteiger partial charge < -0.3 is 9.47 Å². The second kappa shape index (κ2) is 6.74. The first-order valence-electron chi connectivity index (χ1n) is 7.36. The van der Waals surface area contributed by atoms with Gasteiger partial charge in [-0.1, -0.05) is 0 Å². The molecule has 1 N–H and O–H groups in total. The van der Waals surface area contributed by atoms with Gasteiger partial charge in [-0.3, -0.25) is 0 Å². The van der Waals surface area contributed by atoms with Gasteiger partial charge >= 0.3 is 11.9 Å². The van der Waals surface area contributed by atoms with Crippen molar-refractivity contribution in [3.8, 4) is 6.07 Å². The van der Waals surface area contributed by atoms with Crippen LogP contribution in [0.15, 0.2) is 4.21 Å². The zero-order chi connectivity index (χ0) is 19.0. The lowest BCUT2D eigenvalue weighted by atomic mass is 10.0. The Hall–Kier alpha value is -1.96. The van der Waals surface area contributed by atoms with Crippen LogP contribution < -0.4 is 4.72 Å². The van der Waals surface area contributed by atoms with E-state index in [9.17, 15) is 23.3 Å². The lowest BCUT2D eigenvalue weighted by Gasteiger charge is -2.22. The molecule has 1 aliphatic rings. The first-order chi connectivity index (χ1) is 11.6. The molecule has 10 heteroatoms. The third kappa shape index (κ3) is 3.53. The monoisotopic (exact) mass is 386 g/mol. The van der Waals surface area contributed by atoms with E-state index in [1.165, 1.54) is 13.8 Å². The Labute approximate surface area is 149 Å². The summed E-state index contributed by atoms with van der Waals surface area (Å²) in [6, 6.07) is 1.99. The molecule has 25 heavy (non-hydrogen) atoms. The highest BCUT2D eigenvalue weighted by atomic mass is 32.2. The van der Waals surface area contributed by atoms with Crippen LogP contribution in [-0.2, 0) is 19.5 Å². The summed E-state index contributed by atoms with van der Waals surface area (Å²) >= 11 is 0.618. The maximum absolute atomic E-state index is 12.8. The molecule has 0 aromatic carbocycles. The maximum Gasteiger partial charge on any atom is 0.348 e. The van der Waals surface area contributed by atoms with Gasteiger partial charge in [-0.25, -0.2) is 18.0 Å². The number of esters is 2. The molecule has 1 atom stereocenters. The van der Waals surface area contributed by atoms with Crippen LogP contribution in [0.3, 0.4) is 0 Å². The van der Waals surface area contributed by atoms with E-state index in [1.807, 2.05) is 6.07 Å². The molecule has 1 aromatic rings. The molecule has 1 fully saturated rings. The number of carbonyl (C=O) groups is 2. The highest BCUT2D eigenvalue weighted by Crippen LogP contribution is 2.41. The molecular weight excluding hydrogens is 368 g/mol. The number of hydrogen-bond acceptors (Lipinski definition) is 8. The number of thiophene rings is 1. The van der Waals surface area contributed by atoms with E-state index in [2.05, 4.69) is 14.2 Å². The number of nitriles is 1. The van der Waals surface area contributed by atoms with Gasteiger partial charge in [-0.15, -0.1) is 11.3 Å². The average Bonchev–Trinajstić information content (AvgIpc) is 3.36. The van der Waals surface area contributed by atoms with Crippen LogP contribution in [0.5, 0.6) is 0 Å². The standard InChI is InChI=1S/C15H18N2O6S2/c1-8-10(12(18)22-3)14(24-11(8)13(19)23-4)25(20,21)17-15(2,7-16)9-5-6-9/h9,17H,5-6H2,1-4H3/t15-/m0/s1. The molecule has 8 nitrogen and oxygen atoms in total. The van der Waals surface area contributed by atoms with Gasteiger partial charge in [0.15, 0.2) is 4.21 Å². The summed E-state index contributed by atoms with van der Waals surface area (Å²) in [4.78, 5) is 23.9. The summed E-state index contributed by atoms with van der Waals surface area (Å²) in [5, 5.41) is 9.38. The summed E-state index contributed by atoms with van der Waals surface area (Å²) in [5.74, 6) is -1.72. The summed E-state index contributed by atoms with van der Waals surface area (Å²) in [6.45, 7) is 2.94. The van der Waals surface area contributed by atoms with Crippen molar-refractivity contribution in [1.29, 1.82) is 5.26 Å². The second-order valence-corrected chi connectivity index (χ2v) is 8.79. The summed E-state index contributed by atoms with van der Waals surface area (Å²) < 4.78 is 37.0. The lowest BCUT2D eigenvalue weighted by molar-refractivity contribution is 0.0596. The molecule has 1 saturated carbocycles. The minimum atomic E-state index is -4.23. The minimum Gasteiger partial charge on any atom is -0.465 e. The highest BCUT2D eigenvalue weighted by Gasteiger charge is 2.46. The number of nitrogens with zero attached hydrogens (tertiary/aromatic N) is 1. The molecule has 0 saturated heterocycles. The van der Waals surface area contributed by atoms with Crippen molar-refractivity contribution >= 4 is 33.3 Å². The van der Waals surface area contributed by atoms with Crippen LogP contribution in [0.25, 0.3) is 0 Å². The van der Waals surface area contributed by atoms with E-state index < -0.39 is 27.5 Å². The Bertz CT molecular complexity index is 863. The van der Waals surface area contributed by atoms with Gasteiger partial charge in [0.05, 0.1) is 25.9 Å². The SMILES string of the molecule is COC(=O)c1sc(S(=O)(=O)N[C@@](C)(C#N)C2CC2)c(C(=O)OC)c1C. The molecule has 0 bridgehead atoms. The van der Waals surface area contributed by atoms with Gasteiger partial charge in [0.2, 0.25) is 0 Å². The van der Waals surface area contributed by atoms with Gasteiger partial charge in [-0.2, -0.15) is 9.98 Å². The normalized spacial score (nSPS) is 16.6. The van der Waals surface area contributed by atoms with Crippen LogP contribution in [0.1, 0.15) is 45.4 Å². The van der Waals surface area contributed by atoms with Gasteiger partial charge in [0, 0.05) is 0 Å². The number of nitrogens with one attached hydrogen (secondary N) is 1. The van der Waals surface area contributed by atoms with E-state index in [1.54, 1.807) is 0 Å². The van der Waals surface area contributed by atoms with Gasteiger partial charge in [0.25, 0.3) is 10.0 Å². The number of ether oxygens (including phenoxy) is 2. The van der Waals surface area contributed by atoms with Crippen molar-refractivity contribution in [3.05, 3.63) is 16.0 Å². The van der Waals surface area contributed by atoms with Crippen LogP contribution in [0.4, 0.5) is 0 Å². The first kappa shape index (κ1) is 19.4. The second-order valence-electron chi connectivity index (χ2n) is 5.90. The molecule has 2 rings (SSSR count). The lowest BCUT2D eigenvalue weighted by Crippen LogP contribution is -2.46. The summed E-state index contributed by atoms with van der Waals surface area (Å²) in [5.41, 5.74) is -1.35. The largest absolute Gasteiger partial charge is 0.465 e. The molecular formula is C15H18N2O6S2.